The average Bonchev–Trinajstić information content (AvgIpc) is 3.47. The molecule has 2 atom stereocenters. The van der Waals surface area contributed by atoms with Crippen molar-refractivity contribution >= 4 is 35.0 Å². The molecule has 0 spiro atoms. The Morgan fingerprint density at radius 2 is 1.76 bits per heavy atom. The van der Waals surface area contributed by atoms with E-state index in [2.05, 4.69) is 10.3 Å². The molecule has 45 heavy (non-hydrogen) atoms. The van der Waals surface area contributed by atoms with Gasteiger partial charge in [-0.1, -0.05) is 11.6 Å². The lowest BCUT2D eigenvalue weighted by Gasteiger charge is -2.38. The number of quaternary nitrogens is 1. The first-order chi connectivity index (χ1) is 21.1. The third-order valence-corrected chi connectivity index (χ3v) is 8.89. The topological polar surface area (TPSA) is 117 Å². The van der Waals surface area contributed by atoms with Gasteiger partial charge in [0, 0.05) is 50.9 Å². The predicted molar refractivity (Wildman–Crippen MR) is 163 cm³/mol. The Balaban J connectivity index is 1.22. The van der Waals surface area contributed by atoms with E-state index in [0.29, 0.717) is 49.3 Å². The van der Waals surface area contributed by atoms with Crippen LogP contribution in [0, 0.1) is 11.6 Å². The molecular formula is C31H36ClF2N6O5+. The molecule has 14 heteroatoms. The zero-order valence-corrected chi connectivity index (χ0v) is 26.5. The monoisotopic (exact) mass is 645 g/mol. The summed E-state index contributed by atoms with van der Waals surface area (Å²) in [4.78, 5) is 47.1. The molecule has 0 radical (unpaired) electrons. The molecule has 0 aliphatic carbocycles. The molecule has 3 heterocycles. The minimum absolute atomic E-state index is 0.0240. The summed E-state index contributed by atoms with van der Waals surface area (Å²) < 4.78 is 35.5. The quantitative estimate of drug-likeness (QED) is 0.398. The van der Waals surface area contributed by atoms with Crippen LogP contribution in [-0.4, -0.2) is 112 Å². The second-order valence-electron chi connectivity index (χ2n) is 12.4. The predicted octanol–water partition coefficient (Wildman–Crippen LogP) is 3.16. The van der Waals surface area contributed by atoms with E-state index in [1.54, 1.807) is 16.7 Å². The number of rotatable bonds is 6. The largest absolute Gasteiger partial charge is 0.494 e. The van der Waals surface area contributed by atoms with Crippen LogP contribution < -0.4 is 10.1 Å². The number of carbonyl (C=O) groups is 3. The highest BCUT2D eigenvalue weighted by molar-refractivity contribution is 6.34. The Labute approximate surface area is 264 Å². The van der Waals surface area contributed by atoms with Crippen molar-refractivity contribution in [3.63, 3.8) is 0 Å². The van der Waals surface area contributed by atoms with Gasteiger partial charge in [-0.15, -0.1) is 0 Å². The van der Waals surface area contributed by atoms with E-state index in [4.69, 9.17) is 16.3 Å². The van der Waals surface area contributed by atoms with E-state index in [1.165, 1.54) is 55.3 Å². The number of aromatic nitrogens is 2. The van der Waals surface area contributed by atoms with Crippen LogP contribution in [0.1, 0.15) is 34.3 Å². The number of hydrogen-bond acceptors (Lipinski definition) is 6. The summed E-state index contributed by atoms with van der Waals surface area (Å²) in [6.07, 6.45) is 1.65. The van der Waals surface area contributed by atoms with Crippen molar-refractivity contribution in [3.05, 3.63) is 64.6 Å². The van der Waals surface area contributed by atoms with Crippen LogP contribution in [-0.2, 0) is 11.8 Å². The van der Waals surface area contributed by atoms with Gasteiger partial charge in [0.05, 0.1) is 43.7 Å². The number of ether oxygens (including phenoxy) is 1. The number of piperazine rings is 1. The highest BCUT2D eigenvalue weighted by Crippen LogP contribution is 2.33. The minimum Gasteiger partial charge on any atom is -0.494 e. The molecule has 2 saturated heterocycles. The number of hydrogen-bond donors (Lipinski definition) is 2. The van der Waals surface area contributed by atoms with Gasteiger partial charge in [-0.05, 0) is 37.3 Å². The SMILES string of the molecule is COc1ccc(-c2cnc(C(=O)Nc3ccc(C(=O)N4CCN(C(=O)[C@@H]5C[C@@](C)(O)C[N+]5(C)C)CC4)c(Cl)c3)n2C)c(F)c1F. The molecule has 2 N–H and O–H groups in total. The first-order valence-electron chi connectivity index (χ1n) is 14.4. The molecule has 2 aromatic carbocycles. The molecule has 0 saturated carbocycles. The Hall–Kier alpha value is -4.07. The van der Waals surface area contributed by atoms with Crippen LogP contribution in [0.25, 0.3) is 11.3 Å². The number of carbonyl (C=O) groups excluding carboxylic acids is 3. The number of likely N-dealkylation sites (N-methyl/N-ethyl adjacent to an activating group) is 1. The number of likely N-dealkylation sites (tertiary alicyclic amines) is 1. The first kappa shape index (κ1) is 32.3. The second-order valence-corrected chi connectivity index (χ2v) is 12.8. The van der Waals surface area contributed by atoms with Crippen molar-refractivity contribution in [2.24, 2.45) is 7.05 Å². The second kappa shape index (κ2) is 12.0. The van der Waals surface area contributed by atoms with Gasteiger partial charge >= 0.3 is 0 Å². The third-order valence-electron chi connectivity index (χ3n) is 8.58. The van der Waals surface area contributed by atoms with E-state index in [-0.39, 0.29) is 51.3 Å². The molecular weight excluding hydrogens is 610 g/mol. The Morgan fingerprint density at radius 1 is 1.09 bits per heavy atom. The Kier molecular flexibility index (Phi) is 8.64. The van der Waals surface area contributed by atoms with Gasteiger partial charge < -0.3 is 34.0 Å². The molecule has 2 aliphatic rings. The summed E-state index contributed by atoms with van der Waals surface area (Å²) in [7, 11) is 6.61. The van der Waals surface area contributed by atoms with Crippen LogP contribution >= 0.6 is 11.6 Å². The van der Waals surface area contributed by atoms with Gasteiger partial charge in [-0.2, -0.15) is 4.39 Å². The van der Waals surface area contributed by atoms with Crippen molar-refractivity contribution in [3.8, 4) is 17.0 Å². The van der Waals surface area contributed by atoms with Crippen LogP contribution in [0.3, 0.4) is 0 Å². The highest BCUT2D eigenvalue weighted by atomic mass is 35.5. The lowest BCUT2D eigenvalue weighted by atomic mass is 10.0. The van der Waals surface area contributed by atoms with Crippen LogP contribution in [0.15, 0.2) is 36.5 Å². The summed E-state index contributed by atoms with van der Waals surface area (Å²) >= 11 is 6.47. The Morgan fingerprint density at radius 3 is 2.36 bits per heavy atom. The van der Waals surface area contributed by atoms with E-state index < -0.39 is 23.1 Å². The van der Waals surface area contributed by atoms with E-state index in [1.807, 2.05) is 14.1 Å². The number of imidazole rings is 1. The van der Waals surface area contributed by atoms with Crippen molar-refractivity contribution in [1.29, 1.82) is 0 Å². The smallest absolute Gasteiger partial charge is 0.291 e. The summed E-state index contributed by atoms with van der Waals surface area (Å²) in [6, 6.07) is 6.77. The van der Waals surface area contributed by atoms with Gasteiger partial charge in [0.25, 0.3) is 17.7 Å². The lowest BCUT2D eigenvalue weighted by molar-refractivity contribution is -0.896. The molecule has 2 aliphatic heterocycles. The maximum Gasteiger partial charge on any atom is 0.291 e. The van der Waals surface area contributed by atoms with Gasteiger partial charge in [-0.3, -0.25) is 14.4 Å². The van der Waals surface area contributed by atoms with Crippen molar-refractivity contribution < 1.29 is 37.5 Å². The molecule has 1 aromatic heterocycles. The number of halogens is 3. The number of amides is 3. The summed E-state index contributed by atoms with van der Waals surface area (Å²) in [6.45, 7) is 3.64. The maximum atomic E-state index is 14.7. The van der Waals surface area contributed by atoms with Crippen molar-refractivity contribution in [2.45, 2.75) is 25.0 Å². The fourth-order valence-corrected chi connectivity index (χ4v) is 6.59. The third kappa shape index (κ3) is 6.24. The van der Waals surface area contributed by atoms with Crippen LogP contribution in [0.2, 0.25) is 5.02 Å². The molecule has 2 fully saturated rings. The average molecular weight is 646 g/mol. The van der Waals surface area contributed by atoms with Gasteiger partial charge in [0.15, 0.2) is 23.4 Å². The van der Waals surface area contributed by atoms with Crippen LogP contribution in [0.5, 0.6) is 5.75 Å². The number of nitrogens with one attached hydrogen (secondary N) is 1. The first-order valence-corrected chi connectivity index (χ1v) is 14.8. The van der Waals surface area contributed by atoms with Gasteiger partial charge in [0.2, 0.25) is 5.82 Å². The number of nitrogens with zero attached hydrogens (tertiary/aromatic N) is 5. The maximum absolute atomic E-state index is 14.7. The summed E-state index contributed by atoms with van der Waals surface area (Å²) in [5.41, 5.74) is -0.264. The molecule has 0 bridgehead atoms. The minimum atomic E-state index is -1.15. The Bertz CT molecular complexity index is 1670. The van der Waals surface area contributed by atoms with Crippen molar-refractivity contribution in [1.82, 2.24) is 19.4 Å². The molecule has 240 valence electrons. The van der Waals surface area contributed by atoms with E-state index >= 15 is 0 Å². The number of benzene rings is 2. The van der Waals surface area contributed by atoms with E-state index in [0.717, 1.165) is 0 Å². The van der Waals surface area contributed by atoms with E-state index in [9.17, 15) is 28.3 Å². The summed E-state index contributed by atoms with van der Waals surface area (Å²) in [5.74, 6) is -3.53. The zero-order valence-electron chi connectivity index (χ0n) is 25.7. The fraction of sp³-hybridized carbons (Fsp3) is 0.419. The standard InChI is InChI=1S/C31H35ClF2N6O5/c1-31(44)15-23(40(3,4)17-31)30(43)39-12-10-38(11-13-39)29(42)19-7-6-18(14-21(19)32)36-28(41)27-35-16-22(37(27)2)20-8-9-24(45-5)26(34)25(20)33/h6-9,14,16,23,44H,10-13,15,17H2,1-5H3/p+1/t23-,31+/m0/s1. The fourth-order valence-electron chi connectivity index (χ4n) is 6.32. The normalized spacial score (nSPS) is 21.1. The molecule has 3 amide bonds. The number of methoxy groups -OCH3 is 1. The number of anilines is 1. The summed E-state index contributed by atoms with van der Waals surface area (Å²) in [5, 5.41) is 13.3. The number of aliphatic hydroxyl groups is 1. The molecule has 0 unspecified atom stereocenters. The van der Waals surface area contributed by atoms with Crippen molar-refractivity contribution in [2.75, 3.05) is 59.2 Å². The zero-order chi connectivity index (χ0) is 32.8. The molecule has 3 aromatic rings. The van der Waals surface area contributed by atoms with Gasteiger partial charge in [-0.25, -0.2) is 9.37 Å². The van der Waals surface area contributed by atoms with Crippen LogP contribution in [0.4, 0.5) is 14.5 Å². The van der Waals surface area contributed by atoms with Gasteiger partial charge in [0.1, 0.15) is 12.1 Å². The molecule has 5 rings (SSSR count). The molecule has 11 nitrogen and oxygen atoms in total. The lowest BCUT2D eigenvalue weighted by Crippen LogP contribution is -2.58. The highest BCUT2D eigenvalue weighted by Gasteiger charge is 2.52.